The number of nitriles is 1. The molecule has 1 fully saturated rings. The van der Waals surface area contributed by atoms with Crippen molar-refractivity contribution in [1.82, 2.24) is 5.32 Å². The van der Waals surface area contributed by atoms with E-state index in [9.17, 15) is 10.1 Å². The molecular weight excluding hydrogens is 396 g/mol. The molecule has 2 atom stereocenters. The van der Waals surface area contributed by atoms with Crippen LogP contribution in [0.4, 0.5) is 11.4 Å². The summed E-state index contributed by atoms with van der Waals surface area (Å²) in [4.78, 5) is 18.1. The lowest BCUT2D eigenvalue weighted by molar-refractivity contribution is -0.126. The average Bonchev–Trinajstić information content (AvgIpc) is 2.87. The van der Waals surface area contributed by atoms with Gasteiger partial charge in [-0.1, -0.05) is 60.7 Å². The third kappa shape index (κ3) is 3.80. The van der Waals surface area contributed by atoms with Crippen LogP contribution in [0.5, 0.6) is 0 Å². The van der Waals surface area contributed by atoms with Crippen LogP contribution in [0, 0.1) is 17.2 Å². The molecule has 5 heteroatoms. The maximum absolute atomic E-state index is 13.4. The highest BCUT2D eigenvalue weighted by Gasteiger charge is 2.41. The first-order valence-corrected chi connectivity index (χ1v) is 11.1. The summed E-state index contributed by atoms with van der Waals surface area (Å²) in [7, 11) is 0. The second-order valence-electron chi connectivity index (χ2n) is 8.48. The van der Waals surface area contributed by atoms with Crippen LogP contribution >= 0.6 is 0 Å². The maximum atomic E-state index is 13.4. The molecule has 3 aromatic carbocycles. The summed E-state index contributed by atoms with van der Waals surface area (Å²) in [5.74, 6) is -0.0561. The van der Waals surface area contributed by atoms with Crippen LogP contribution in [0.1, 0.15) is 16.7 Å². The van der Waals surface area contributed by atoms with Gasteiger partial charge >= 0.3 is 0 Å². The summed E-state index contributed by atoms with van der Waals surface area (Å²) >= 11 is 0. The Bertz CT molecular complexity index is 1150. The first kappa shape index (κ1) is 20.1. The minimum atomic E-state index is -0.148. The van der Waals surface area contributed by atoms with Gasteiger partial charge in [0.2, 0.25) is 5.91 Å². The minimum absolute atomic E-state index is 0.0566. The van der Waals surface area contributed by atoms with Crippen LogP contribution in [-0.4, -0.2) is 31.6 Å². The van der Waals surface area contributed by atoms with Crippen molar-refractivity contribution in [2.45, 2.75) is 19.0 Å². The van der Waals surface area contributed by atoms with Gasteiger partial charge in [0.05, 0.1) is 23.2 Å². The first-order chi connectivity index (χ1) is 15.7. The van der Waals surface area contributed by atoms with Crippen LogP contribution in [0.25, 0.3) is 0 Å². The first-order valence-electron chi connectivity index (χ1n) is 11.1. The lowest BCUT2D eigenvalue weighted by atomic mass is 9.83. The summed E-state index contributed by atoms with van der Waals surface area (Å²) in [6.07, 6.45) is 0.728. The van der Waals surface area contributed by atoms with E-state index in [1.165, 1.54) is 11.3 Å². The number of nitrogens with zero attached hydrogens (tertiary/aromatic N) is 3. The van der Waals surface area contributed by atoms with Gasteiger partial charge in [-0.25, -0.2) is 0 Å². The van der Waals surface area contributed by atoms with Crippen LogP contribution in [-0.2, 0) is 17.8 Å². The van der Waals surface area contributed by atoms with E-state index in [0.717, 1.165) is 37.3 Å². The number of carbonyl (C=O) groups excluding carboxylic acids is 1. The molecule has 3 aromatic rings. The normalized spacial score (nSPS) is 19.5. The molecule has 32 heavy (non-hydrogen) atoms. The molecule has 2 aliphatic heterocycles. The van der Waals surface area contributed by atoms with Crippen LogP contribution in [0.3, 0.4) is 0 Å². The van der Waals surface area contributed by atoms with Crippen LogP contribution in [0.15, 0.2) is 78.9 Å². The number of hydrogen-bond acceptors (Lipinski definition) is 4. The van der Waals surface area contributed by atoms with E-state index in [2.05, 4.69) is 45.5 Å². The Morgan fingerprint density at radius 3 is 2.47 bits per heavy atom. The van der Waals surface area contributed by atoms with Gasteiger partial charge in [-0.2, -0.15) is 5.26 Å². The number of hydrogen-bond donors (Lipinski definition) is 1. The predicted octanol–water partition coefficient (Wildman–Crippen LogP) is 3.74. The Morgan fingerprint density at radius 1 is 0.938 bits per heavy atom. The molecule has 5 nitrogen and oxygen atoms in total. The van der Waals surface area contributed by atoms with E-state index in [0.29, 0.717) is 12.1 Å². The molecule has 0 unspecified atom stereocenters. The molecule has 2 aliphatic rings. The van der Waals surface area contributed by atoms with Gasteiger partial charge < -0.3 is 15.1 Å². The molecule has 0 radical (unpaired) electrons. The Kier molecular flexibility index (Phi) is 5.51. The van der Waals surface area contributed by atoms with Crippen molar-refractivity contribution in [2.75, 3.05) is 29.4 Å². The molecule has 5 rings (SSSR count). The monoisotopic (exact) mass is 422 g/mol. The molecule has 160 valence electrons. The highest BCUT2D eigenvalue weighted by molar-refractivity contribution is 5.82. The van der Waals surface area contributed by atoms with E-state index < -0.39 is 0 Å². The minimum Gasteiger partial charge on any atom is -0.367 e. The molecule has 0 aliphatic carbocycles. The van der Waals surface area contributed by atoms with Gasteiger partial charge in [0, 0.05) is 31.9 Å². The lowest BCUT2D eigenvalue weighted by Crippen LogP contribution is -2.61. The molecule has 0 spiro atoms. The second kappa shape index (κ2) is 8.76. The Balaban J connectivity index is 1.42. The lowest BCUT2D eigenvalue weighted by Gasteiger charge is -2.49. The SMILES string of the molecule is N#Cc1ccccc1N1CCN2c3ccccc3C[C@@H](C(=O)NCc3ccccc3)[C@H]2C1. The molecule has 1 N–H and O–H groups in total. The molecule has 0 saturated carbocycles. The van der Waals surface area contributed by atoms with Crippen molar-refractivity contribution >= 4 is 17.3 Å². The van der Waals surface area contributed by atoms with E-state index >= 15 is 0 Å². The Hall–Kier alpha value is -3.78. The van der Waals surface area contributed by atoms with Crippen LogP contribution < -0.4 is 15.1 Å². The largest absolute Gasteiger partial charge is 0.367 e. The number of amides is 1. The highest BCUT2D eigenvalue weighted by atomic mass is 16.1. The van der Waals surface area contributed by atoms with Crippen molar-refractivity contribution in [3.05, 3.63) is 95.6 Å². The number of anilines is 2. The van der Waals surface area contributed by atoms with Gasteiger partial charge in [0.25, 0.3) is 0 Å². The molecule has 0 bridgehead atoms. The molecule has 2 heterocycles. The third-order valence-electron chi connectivity index (χ3n) is 6.64. The number of nitrogens with one attached hydrogen (secondary N) is 1. The molecule has 1 amide bonds. The van der Waals surface area contributed by atoms with E-state index in [1.807, 2.05) is 54.6 Å². The van der Waals surface area contributed by atoms with Gasteiger partial charge in [-0.05, 0) is 35.7 Å². The topological polar surface area (TPSA) is 59.4 Å². The van der Waals surface area contributed by atoms with Gasteiger partial charge in [-0.3, -0.25) is 4.79 Å². The second-order valence-corrected chi connectivity index (χ2v) is 8.48. The number of rotatable bonds is 4. The number of piperazine rings is 1. The zero-order valence-electron chi connectivity index (χ0n) is 17.9. The van der Waals surface area contributed by atoms with E-state index in [-0.39, 0.29) is 17.9 Å². The zero-order valence-corrected chi connectivity index (χ0v) is 17.9. The van der Waals surface area contributed by atoms with E-state index in [1.54, 1.807) is 0 Å². The smallest absolute Gasteiger partial charge is 0.225 e. The van der Waals surface area contributed by atoms with Gasteiger partial charge in [0.15, 0.2) is 0 Å². The quantitative estimate of drug-likeness (QED) is 0.696. The van der Waals surface area contributed by atoms with Gasteiger partial charge in [-0.15, -0.1) is 0 Å². The molecular formula is C27H26N4O. The number of fused-ring (bicyclic) bond motifs is 3. The summed E-state index contributed by atoms with van der Waals surface area (Å²) in [5, 5.41) is 12.8. The summed E-state index contributed by atoms with van der Waals surface area (Å²) in [6, 6.07) is 28.6. The average molecular weight is 423 g/mol. The van der Waals surface area contributed by atoms with Crippen molar-refractivity contribution in [3.63, 3.8) is 0 Å². The third-order valence-corrected chi connectivity index (χ3v) is 6.64. The highest BCUT2D eigenvalue weighted by Crippen LogP contribution is 2.37. The van der Waals surface area contributed by atoms with Crippen molar-refractivity contribution in [1.29, 1.82) is 5.26 Å². The fourth-order valence-electron chi connectivity index (χ4n) is 5.04. The van der Waals surface area contributed by atoms with Crippen LogP contribution in [0.2, 0.25) is 0 Å². The van der Waals surface area contributed by atoms with Crippen molar-refractivity contribution in [3.8, 4) is 6.07 Å². The number of carbonyl (C=O) groups is 1. The summed E-state index contributed by atoms with van der Waals surface area (Å²) in [6.45, 7) is 2.90. The maximum Gasteiger partial charge on any atom is 0.225 e. The van der Waals surface area contributed by atoms with Gasteiger partial charge in [0.1, 0.15) is 6.07 Å². The Labute approximate surface area is 188 Å². The fourth-order valence-corrected chi connectivity index (χ4v) is 5.04. The van der Waals surface area contributed by atoms with Crippen molar-refractivity contribution in [2.24, 2.45) is 5.92 Å². The predicted molar refractivity (Wildman–Crippen MR) is 126 cm³/mol. The zero-order chi connectivity index (χ0) is 21.9. The Morgan fingerprint density at radius 2 is 1.66 bits per heavy atom. The number of para-hydroxylation sites is 2. The summed E-state index contributed by atoms with van der Waals surface area (Å²) < 4.78 is 0. The summed E-state index contributed by atoms with van der Waals surface area (Å²) in [5.41, 5.74) is 5.20. The standard InChI is InChI=1S/C27H26N4O/c28-17-22-11-5-6-12-24(22)30-14-15-31-25-13-7-4-10-21(25)16-23(26(31)19-30)27(32)29-18-20-8-2-1-3-9-20/h1-13,23,26H,14-16,18-19H2,(H,29,32)/t23-,26-/m1/s1. The molecule has 1 saturated heterocycles. The molecule has 0 aromatic heterocycles. The fraction of sp³-hybridized carbons (Fsp3) is 0.259. The number of benzene rings is 3. The van der Waals surface area contributed by atoms with Crippen molar-refractivity contribution < 1.29 is 4.79 Å². The van der Waals surface area contributed by atoms with E-state index in [4.69, 9.17) is 0 Å².